The maximum Gasteiger partial charge on any atom is 0.335 e. The van der Waals surface area contributed by atoms with E-state index >= 15 is 0 Å². The molecule has 0 spiro atoms. The molecule has 4 nitrogen and oxygen atoms in total. The van der Waals surface area contributed by atoms with Gasteiger partial charge in [0.25, 0.3) is 0 Å². The van der Waals surface area contributed by atoms with Crippen molar-refractivity contribution in [2.75, 3.05) is 13.2 Å². The minimum atomic E-state index is -0.895. The van der Waals surface area contributed by atoms with Crippen LogP contribution in [0.15, 0.2) is 48.5 Å². The molecule has 116 valence electrons. The van der Waals surface area contributed by atoms with Crippen LogP contribution in [0, 0.1) is 0 Å². The molecule has 0 atom stereocenters. The minimum Gasteiger partial charge on any atom is -0.494 e. The van der Waals surface area contributed by atoms with Crippen LogP contribution >= 0.6 is 0 Å². The van der Waals surface area contributed by atoms with Gasteiger partial charge in [0.05, 0.1) is 12.2 Å². The first-order valence-corrected chi connectivity index (χ1v) is 7.43. The molecule has 0 aliphatic carbocycles. The molecule has 2 aromatic carbocycles. The SMILES string of the molecule is CCOc1cccc(CCNCc2ccc(C(=O)O)cc2)c1. The van der Waals surface area contributed by atoms with E-state index in [0.29, 0.717) is 12.2 Å². The van der Waals surface area contributed by atoms with E-state index < -0.39 is 5.97 Å². The molecule has 0 saturated heterocycles. The van der Waals surface area contributed by atoms with Gasteiger partial charge in [-0.2, -0.15) is 0 Å². The molecule has 0 unspecified atom stereocenters. The van der Waals surface area contributed by atoms with Crippen molar-refractivity contribution in [1.82, 2.24) is 5.32 Å². The fourth-order valence-corrected chi connectivity index (χ4v) is 2.19. The van der Waals surface area contributed by atoms with Crippen molar-refractivity contribution >= 4 is 5.97 Å². The van der Waals surface area contributed by atoms with Gasteiger partial charge in [-0.1, -0.05) is 24.3 Å². The average Bonchev–Trinajstić information content (AvgIpc) is 2.53. The summed E-state index contributed by atoms with van der Waals surface area (Å²) >= 11 is 0. The van der Waals surface area contributed by atoms with Gasteiger partial charge >= 0.3 is 5.97 Å². The zero-order valence-corrected chi connectivity index (χ0v) is 12.7. The van der Waals surface area contributed by atoms with E-state index in [0.717, 1.165) is 30.8 Å². The van der Waals surface area contributed by atoms with Gasteiger partial charge in [-0.05, 0) is 55.3 Å². The number of nitrogens with one attached hydrogen (secondary N) is 1. The molecule has 0 aliphatic rings. The molecular formula is C18H21NO3. The molecule has 0 aliphatic heterocycles. The van der Waals surface area contributed by atoms with Gasteiger partial charge in [-0.3, -0.25) is 0 Å². The second-order valence-electron chi connectivity index (χ2n) is 5.01. The third-order valence-corrected chi connectivity index (χ3v) is 3.33. The quantitative estimate of drug-likeness (QED) is 0.735. The van der Waals surface area contributed by atoms with Crippen LogP contribution in [0.5, 0.6) is 5.75 Å². The van der Waals surface area contributed by atoms with Crippen LogP contribution in [0.25, 0.3) is 0 Å². The number of aromatic carboxylic acids is 1. The fraction of sp³-hybridized carbons (Fsp3) is 0.278. The second-order valence-corrected chi connectivity index (χ2v) is 5.01. The highest BCUT2D eigenvalue weighted by atomic mass is 16.5. The van der Waals surface area contributed by atoms with Gasteiger partial charge in [0.1, 0.15) is 5.75 Å². The van der Waals surface area contributed by atoms with E-state index in [1.807, 2.05) is 31.2 Å². The molecule has 2 N–H and O–H groups in total. The summed E-state index contributed by atoms with van der Waals surface area (Å²) in [5, 5.41) is 12.2. The molecule has 2 aromatic rings. The van der Waals surface area contributed by atoms with Crippen molar-refractivity contribution in [2.24, 2.45) is 0 Å². The number of ether oxygens (including phenoxy) is 1. The standard InChI is InChI=1S/C18H21NO3/c1-2-22-17-5-3-4-14(12-17)10-11-19-13-15-6-8-16(9-7-15)18(20)21/h3-9,12,19H,2,10-11,13H2,1H3,(H,20,21). The van der Waals surface area contributed by atoms with Crippen LogP contribution in [-0.2, 0) is 13.0 Å². The minimum absolute atomic E-state index is 0.316. The molecule has 22 heavy (non-hydrogen) atoms. The molecule has 0 amide bonds. The zero-order valence-electron chi connectivity index (χ0n) is 12.7. The molecule has 0 heterocycles. The van der Waals surface area contributed by atoms with Gasteiger partial charge in [0.15, 0.2) is 0 Å². The number of benzene rings is 2. The highest BCUT2D eigenvalue weighted by Crippen LogP contribution is 2.13. The first kappa shape index (κ1) is 16.0. The van der Waals surface area contributed by atoms with Crippen molar-refractivity contribution in [1.29, 1.82) is 0 Å². The monoisotopic (exact) mass is 299 g/mol. The number of carboxylic acids is 1. The Morgan fingerprint density at radius 3 is 2.59 bits per heavy atom. The van der Waals surface area contributed by atoms with E-state index in [1.54, 1.807) is 12.1 Å². The summed E-state index contributed by atoms with van der Waals surface area (Å²) in [6.07, 6.45) is 0.925. The van der Waals surface area contributed by atoms with Crippen LogP contribution < -0.4 is 10.1 Å². The Kier molecular flexibility index (Phi) is 5.98. The van der Waals surface area contributed by atoms with Gasteiger partial charge in [0.2, 0.25) is 0 Å². The Labute approximate surface area is 130 Å². The summed E-state index contributed by atoms with van der Waals surface area (Å²) in [4.78, 5) is 10.8. The van der Waals surface area contributed by atoms with Crippen molar-refractivity contribution in [3.8, 4) is 5.75 Å². The number of carboxylic acid groups (broad SMARTS) is 1. The molecule has 2 rings (SSSR count). The highest BCUT2D eigenvalue weighted by Gasteiger charge is 2.01. The Morgan fingerprint density at radius 1 is 1.14 bits per heavy atom. The lowest BCUT2D eigenvalue weighted by molar-refractivity contribution is 0.0697. The van der Waals surface area contributed by atoms with E-state index in [2.05, 4.69) is 17.4 Å². The molecular weight excluding hydrogens is 278 g/mol. The van der Waals surface area contributed by atoms with Gasteiger partial charge < -0.3 is 15.2 Å². The number of hydrogen-bond donors (Lipinski definition) is 2. The maximum atomic E-state index is 10.8. The largest absolute Gasteiger partial charge is 0.494 e. The zero-order chi connectivity index (χ0) is 15.8. The molecule has 0 aromatic heterocycles. The van der Waals surface area contributed by atoms with E-state index in [4.69, 9.17) is 9.84 Å². The fourth-order valence-electron chi connectivity index (χ4n) is 2.19. The lowest BCUT2D eigenvalue weighted by atomic mass is 10.1. The van der Waals surface area contributed by atoms with Crippen molar-refractivity contribution in [2.45, 2.75) is 19.9 Å². The predicted molar refractivity (Wildman–Crippen MR) is 86.4 cm³/mol. The smallest absolute Gasteiger partial charge is 0.335 e. The van der Waals surface area contributed by atoms with E-state index in [-0.39, 0.29) is 0 Å². The Morgan fingerprint density at radius 2 is 1.91 bits per heavy atom. The first-order chi connectivity index (χ1) is 10.7. The predicted octanol–water partition coefficient (Wildman–Crippen LogP) is 3.12. The van der Waals surface area contributed by atoms with Crippen LogP contribution in [0.4, 0.5) is 0 Å². The Balaban J connectivity index is 1.77. The van der Waals surface area contributed by atoms with Gasteiger partial charge in [-0.15, -0.1) is 0 Å². The maximum absolute atomic E-state index is 10.8. The highest BCUT2D eigenvalue weighted by molar-refractivity contribution is 5.87. The Bertz CT molecular complexity index is 608. The third kappa shape index (κ3) is 4.90. The summed E-state index contributed by atoms with van der Waals surface area (Å²) in [5.74, 6) is 0.0120. The van der Waals surface area contributed by atoms with Crippen molar-refractivity contribution in [3.05, 3.63) is 65.2 Å². The van der Waals surface area contributed by atoms with Gasteiger partial charge in [0, 0.05) is 6.54 Å². The molecule has 0 radical (unpaired) electrons. The topological polar surface area (TPSA) is 58.6 Å². The molecule has 4 heteroatoms. The van der Waals surface area contributed by atoms with Gasteiger partial charge in [-0.25, -0.2) is 4.79 Å². The summed E-state index contributed by atoms with van der Waals surface area (Å²) in [6, 6.07) is 15.1. The summed E-state index contributed by atoms with van der Waals surface area (Å²) in [7, 11) is 0. The molecule has 0 bridgehead atoms. The summed E-state index contributed by atoms with van der Waals surface area (Å²) < 4.78 is 5.48. The lowest BCUT2D eigenvalue weighted by Gasteiger charge is -2.08. The van der Waals surface area contributed by atoms with E-state index in [9.17, 15) is 4.79 Å². The molecule has 0 fully saturated rings. The number of rotatable bonds is 8. The summed E-state index contributed by atoms with van der Waals surface area (Å²) in [5.41, 5.74) is 2.63. The first-order valence-electron chi connectivity index (χ1n) is 7.43. The average molecular weight is 299 g/mol. The molecule has 0 saturated carbocycles. The third-order valence-electron chi connectivity index (χ3n) is 3.33. The second kappa shape index (κ2) is 8.20. The van der Waals surface area contributed by atoms with Crippen LogP contribution in [0.1, 0.15) is 28.4 Å². The van der Waals surface area contributed by atoms with Crippen molar-refractivity contribution < 1.29 is 14.6 Å². The van der Waals surface area contributed by atoms with Crippen LogP contribution in [0.2, 0.25) is 0 Å². The summed E-state index contributed by atoms with van der Waals surface area (Å²) in [6.45, 7) is 4.24. The number of hydrogen-bond acceptors (Lipinski definition) is 3. The lowest BCUT2D eigenvalue weighted by Crippen LogP contribution is -2.16. The van der Waals surface area contributed by atoms with E-state index in [1.165, 1.54) is 5.56 Å². The van der Waals surface area contributed by atoms with Crippen molar-refractivity contribution in [3.63, 3.8) is 0 Å². The normalized spacial score (nSPS) is 10.4. The van der Waals surface area contributed by atoms with Crippen LogP contribution in [-0.4, -0.2) is 24.2 Å². The Hall–Kier alpha value is -2.33. The number of carbonyl (C=O) groups is 1. The van der Waals surface area contributed by atoms with Crippen LogP contribution in [0.3, 0.4) is 0 Å².